The monoisotopic (exact) mass is 424 g/mol. The highest BCUT2D eigenvalue weighted by molar-refractivity contribution is 6.34. The molecule has 6 heteroatoms. The van der Waals surface area contributed by atoms with E-state index in [2.05, 4.69) is 5.32 Å². The number of hydrogen-bond donors (Lipinski definition) is 1. The maximum atomic E-state index is 14.1. The molecule has 0 saturated heterocycles. The number of amides is 1. The molecule has 0 spiro atoms. The first kappa shape index (κ1) is 20.6. The van der Waals surface area contributed by atoms with Gasteiger partial charge in [-0.05, 0) is 53.1 Å². The first-order valence-electron chi connectivity index (χ1n) is 8.67. The van der Waals surface area contributed by atoms with E-state index >= 15 is 0 Å². The van der Waals surface area contributed by atoms with Gasteiger partial charge in [0.25, 0.3) is 5.91 Å². The number of anilines is 1. The van der Waals surface area contributed by atoms with Crippen LogP contribution in [0.2, 0.25) is 10.0 Å². The molecule has 3 nitrogen and oxygen atoms in total. The predicted molar refractivity (Wildman–Crippen MR) is 114 cm³/mol. The molecule has 0 unspecified atom stereocenters. The van der Waals surface area contributed by atoms with Crippen LogP contribution in [-0.2, 0) is 11.2 Å². The van der Waals surface area contributed by atoms with Crippen molar-refractivity contribution in [1.82, 2.24) is 0 Å². The Bertz CT molecular complexity index is 1140. The summed E-state index contributed by atoms with van der Waals surface area (Å²) in [6.07, 6.45) is 1.73. The highest BCUT2D eigenvalue weighted by Crippen LogP contribution is 2.24. The second-order valence-electron chi connectivity index (χ2n) is 6.22. The summed E-state index contributed by atoms with van der Waals surface area (Å²) in [5.74, 6) is -0.924. The van der Waals surface area contributed by atoms with Crippen LogP contribution in [0.1, 0.15) is 16.7 Å². The standard InChI is InChI=1S/C23H15Cl2FN2O/c24-19-10-9-15(11-16-5-1-3-7-21(16)26)17(13-19)12-18(14-27)23(29)28-22-8-4-2-6-20(22)25/h1-10,12-13H,11H2,(H,28,29)/b18-12+. The lowest BCUT2D eigenvalue weighted by molar-refractivity contribution is -0.112. The topological polar surface area (TPSA) is 52.9 Å². The summed E-state index contributed by atoms with van der Waals surface area (Å²) < 4.78 is 14.1. The molecule has 0 atom stereocenters. The number of rotatable bonds is 5. The van der Waals surface area contributed by atoms with Gasteiger partial charge < -0.3 is 5.32 Å². The van der Waals surface area contributed by atoms with E-state index in [9.17, 15) is 14.4 Å². The quantitative estimate of drug-likeness (QED) is 0.387. The molecule has 0 radical (unpaired) electrons. The number of nitrogens with zero attached hydrogens (tertiary/aromatic N) is 1. The van der Waals surface area contributed by atoms with Crippen LogP contribution in [0.15, 0.2) is 72.3 Å². The van der Waals surface area contributed by atoms with Gasteiger partial charge in [0.2, 0.25) is 0 Å². The summed E-state index contributed by atoms with van der Waals surface area (Å²) in [5, 5.41) is 12.9. The molecule has 0 heterocycles. The summed E-state index contributed by atoms with van der Waals surface area (Å²) in [6.45, 7) is 0. The molecule has 0 saturated carbocycles. The summed E-state index contributed by atoms with van der Waals surface area (Å²) in [7, 11) is 0. The van der Waals surface area contributed by atoms with Crippen molar-refractivity contribution in [2.75, 3.05) is 5.32 Å². The van der Waals surface area contributed by atoms with Crippen molar-refractivity contribution in [2.45, 2.75) is 6.42 Å². The van der Waals surface area contributed by atoms with Crippen molar-refractivity contribution < 1.29 is 9.18 Å². The molecule has 0 aliphatic rings. The average Bonchev–Trinajstić information content (AvgIpc) is 2.71. The molecule has 3 aromatic carbocycles. The fourth-order valence-corrected chi connectivity index (χ4v) is 3.13. The van der Waals surface area contributed by atoms with Crippen molar-refractivity contribution in [3.63, 3.8) is 0 Å². The van der Waals surface area contributed by atoms with E-state index in [-0.39, 0.29) is 11.4 Å². The lowest BCUT2D eigenvalue weighted by Crippen LogP contribution is -2.13. The second-order valence-corrected chi connectivity index (χ2v) is 7.06. The van der Waals surface area contributed by atoms with Gasteiger partial charge in [-0.3, -0.25) is 4.79 Å². The maximum absolute atomic E-state index is 14.1. The van der Waals surface area contributed by atoms with Crippen LogP contribution < -0.4 is 5.32 Å². The predicted octanol–water partition coefficient (Wildman–Crippen LogP) is 6.27. The van der Waals surface area contributed by atoms with Crippen molar-refractivity contribution in [3.8, 4) is 6.07 Å². The third-order valence-corrected chi connectivity index (χ3v) is 4.80. The van der Waals surface area contributed by atoms with Crippen LogP contribution in [0.3, 0.4) is 0 Å². The van der Waals surface area contributed by atoms with E-state index < -0.39 is 5.91 Å². The molecule has 0 aliphatic heterocycles. The minimum Gasteiger partial charge on any atom is -0.320 e. The zero-order valence-corrected chi connectivity index (χ0v) is 16.6. The molecule has 0 fully saturated rings. The Morgan fingerprint density at radius 3 is 2.48 bits per heavy atom. The van der Waals surface area contributed by atoms with Crippen molar-refractivity contribution >= 4 is 40.9 Å². The van der Waals surface area contributed by atoms with Crippen molar-refractivity contribution in [2.24, 2.45) is 0 Å². The van der Waals surface area contributed by atoms with Crippen LogP contribution in [0, 0.1) is 17.1 Å². The Labute approximate surface area is 178 Å². The Balaban J connectivity index is 1.94. The van der Waals surface area contributed by atoms with Crippen LogP contribution in [-0.4, -0.2) is 5.91 Å². The molecular weight excluding hydrogens is 410 g/mol. The van der Waals surface area contributed by atoms with Crippen molar-refractivity contribution in [3.05, 3.63) is 105 Å². The molecular formula is C23H15Cl2FN2O. The van der Waals surface area contributed by atoms with Gasteiger partial charge in [0.1, 0.15) is 17.5 Å². The number of halogens is 3. The first-order chi connectivity index (χ1) is 14.0. The molecule has 0 aliphatic carbocycles. The number of para-hydroxylation sites is 1. The minimum atomic E-state index is -0.600. The Kier molecular flexibility index (Phi) is 6.66. The smallest absolute Gasteiger partial charge is 0.266 e. The molecule has 1 N–H and O–H groups in total. The highest BCUT2D eigenvalue weighted by atomic mass is 35.5. The molecule has 3 aromatic rings. The van der Waals surface area contributed by atoms with Gasteiger partial charge in [0, 0.05) is 11.4 Å². The Morgan fingerprint density at radius 2 is 1.76 bits per heavy atom. The molecule has 1 amide bonds. The second kappa shape index (κ2) is 9.38. The number of hydrogen-bond acceptors (Lipinski definition) is 2. The number of benzene rings is 3. The van der Waals surface area contributed by atoms with E-state index in [1.54, 1.807) is 60.7 Å². The SMILES string of the molecule is N#C/C(=C\c1cc(Cl)ccc1Cc1ccccc1F)C(=O)Nc1ccccc1Cl. The number of nitrogens with one attached hydrogen (secondary N) is 1. The minimum absolute atomic E-state index is 0.123. The maximum Gasteiger partial charge on any atom is 0.266 e. The molecule has 0 aromatic heterocycles. The van der Waals surface area contributed by atoms with E-state index in [0.29, 0.717) is 33.3 Å². The Hall–Kier alpha value is -3.13. The summed E-state index contributed by atoms with van der Waals surface area (Å²) in [5.41, 5.74) is 2.08. The van der Waals surface area contributed by atoms with Gasteiger partial charge in [0.05, 0.1) is 10.7 Å². The normalized spacial score (nSPS) is 11.0. The summed E-state index contributed by atoms with van der Waals surface area (Å²) in [4.78, 5) is 12.6. The van der Waals surface area contributed by atoms with Crippen molar-refractivity contribution in [1.29, 1.82) is 5.26 Å². The van der Waals surface area contributed by atoms with E-state index in [1.165, 1.54) is 12.1 Å². The van der Waals surface area contributed by atoms with Crippen LogP contribution in [0.4, 0.5) is 10.1 Å². The zero-order chi connectivity index (χ0) is 20.8. The molecule has 3 rings (SSSR count). The van der Waals surface area contributed by atoms with Gasteiger partial charge in [-0.1, -0.05) is 59.6 Å². The number of carbonyl (C=O) groups excluding carboxylic acids is 1. The van der Waals surface area contributed by atoms with E-state index in [0.717, 1.165) is 5.56 Å². The van der Waals surface area contributed by atoms with Gasteiger partial charge in [-0.15, -0.1) is 0 Å². The van der Waals surface area contributed by atoms with Gasteiger partial charge in [0.15, 0.2) is 0 Å². The van der Waals surface area contributed by atoms with E-state index in [4.69, 9.17) is 23.2 Å². The van der Waals surface area contributed by atoms with Gasteiger partial charge in [-0.25, -0.2) is 4.39 Å². The Morgan fingerprint density at radius 1 is 1.03 bits per heavy atom. The fourth-order valence-electron chi connectivity index (χ4n) is 2.76. The third kappa shape index (κ3) is 5.23. The fraction of sp³-hybridized carbons (Fsp3) is 0.0435. The number of carbonyl (C=O) groups is 1. The summed E-state index contributed by atoms with van der Waals surface area (Å²) in [6, 6.07) is 20.2. The molecule has 0 bridgehead atoms. The van der Waals surface area contributed by atoms with E-state index in [1.807, 2.05) is 6.07 Å². The lowest BCUT2D eigenvalue weighted by atomic mass is 9.98. The van der Waals surface area contributed by atoms with Crippen LogP contribution >= 0.6 is 23.2 Å². The van der Waals surface area contributed by atoms with Gasteiger partial charge >= 0.3 is 0 Å². The number of nitriles is 1. The largest absolute Gasteiger partial charge is 0.320 e. The molecule has 29 heavy (non-hydrogen) atoms. The average molecular weight is 425 g/mol. The summed E-state index contributed by atoms with van der Waals surface area (Å²) >= 11 is 12.2. The highest BCUT2D eigenvalue weighted by Gasteiger charge is 2.13. The molecule has 144 valence electrons. The first-order valence-corrected chi connectivity index (χ1v) is 9.43. The van der Waals surface area contributed by atoms with Crippen LogP contribution in [0.25, 0.3) is 6.08 Å². The lowest BCUT2D eigenvalue weighted by Gasteiger charge is -2.10. The van der Waals surface area contributed by atoms with Crippen LogP contribution in [0.5, 0.6) is 0 Å². The third-order valence-electron chi connectivity index (χ3n) is 4.23. The van der Waals surface area contributed by atoms with Gasteiger partial charge in [-0.2, -0.15) is 5.26 Å². The zero-order valence-electron chi connectivity index (χ0n) is 15.1.